The summed E-state index contributed by atoms with van der Waals surface area (Å²) in [4.78, 5) is 4.20. The fraction of sp³-hybridized carbons (Fsp3) is 0.190. The van der Waals surface area contributed by atoms with Crippen molar-refractivity contribution in [3.8, 4) is 5.75 Å². The third-order valence-corrected chi connectivity index (χ3v) is 5.52. The van der Waals surface area contributed by atoms with Crippen molar-refractivity contribution in [2.45, 2.75) is 31.3 Å². The van der Waals surface area contributed by atoms with E-state index in [0.29, 0.717) is 21.9 Å². The molecule has 0 fully saturated rings. The molecule has 3 rings (SSSR count). The van der Waals surface area contributed by atoms with Gasteiger partial charge in [-0.2, -0.15) is 0 Å². The number of hydrogen-bond acceptors (Lipinski definition) is 4. The summed E-state index contributed by atoms with van der Waals surface area (Å²) in [5.74, 6) is 0.347. The summed E-state index contributed by atoms with van der Waals surface area (Å²) in [5.41, 5.74) is 1.20. The Labute approximate surface area is 174 Å². The van der Waals surface area contributed by atoms with E-state index in [1.54, 1.807) is 30.3 Å². The summed E-state index contributed by atoms with van der Waals surface area (Å²) in [7, 11) is -3.88. The molecule has 8 heteroatoms. The smallest absolute Gasteiger partial charge is 0.263 e. The minimum Gasteiger partial charge on any atom is -0.491 e. The molecule has 0 amide bonds. The van der Waals surface area contributed by atoms with Gasteiger partial charge in [0, 0.05) is 18.2 Å². The summed E-state index contributed by atoms with van der Waals surface area (Å²) in [6.07, 6.45) is 1.61. The van der Waals surface area contributed by atoms with Gasteiger partial charge in [0.2, 0.25) is 0 Å². The Morgan fingerprint density at radius 2 is 1.86 bits per heavy atom. The number of ether oxygens (including phenoxy) is 1. The van der Waals surface area contributed by atoms with Crippen LogP contribution in [0.1, 0.15) is 25.0 Å². The van der Waals surface area contributed by atoms with Gasteiger partial charge in [0.1, 0.15) is 17.4 Å². The minimum absolute atomic E-state index is 0.0146. The number of nitrogens with one attached hydrogen (secondary N) is 1. The number of anilines is 1. The number of aromatic nitrogens is 1. The second-order valence-corrected chi connectivity index (χ2v) is 8.83. The first-order chi connectivity index (χ1) is 13.7. The molecule has 3 aromatic rings. The molecule has 1 N–H and O–H groups in total. The first-order valence-electron chi connectivity index (χ1n) is 8.91. The molecular formula is C21H20ClFN2O3S. The molecule has 1 aromatic heterocycles. The van der Waals surface area contributed by atoms with Crippen LogP contribution in [0, 0.1) is 5.82 Å². The number of halogens is 2. The van der Waals surface area contributed by atoms with E-state index < -0.39 is 10.0 Å². The normalized spacial score (nSPS) is 11.5. The highest BCUT2D eigenvalue weighted by Gasteiger charge is 2.18. The molecule has 5 nitrogen and oxygen atoms in total. The molecule has 0 aliphatic heterocycles. The Bertz CT molecular complexity index is 1100. The van der Waals surface area contributed by atoms with E-state index in [-0.39, 0.29) is 29.1 Å². The Morgan fingerprint density at radius 1 is 1.14 bits per heavy atom. The summed E-state index contributed by atoms with van der Waals surface area (Å²) >= 11 is 6.03. The van der Waals surface area contributed by atoms with Crippen molar-refractivity contribution < 1.29 is 17.5 Å². The average Bonchev–Trinajstić information content (AvgIpc) is 2.64. The maximum Gasteiger partial charge on any atom is 0.263 e. The second kappa shape index (κ2) is 8.80. The molecule has 0 atom stereocenters. The minimum atomic E-state index is -3.88. The van der Waals surface area contributed by atoms with E-state index in [1.165, 1.54) is 30.5 Å². The number of pyridine rings is 1. The lowest BCUT2D eigenvalue weighted by Gasteiger charge is -2.13. The van der Waals surface area contributed by atoms with Crippen molar-refractivity contribution in [1.82, 2.24) is 4.98 Å². The van der Waals surface area contributed by atoms with Gasteiger partial charge < -0.3 is 4.74 Å². The molecule has 0 radical (unpaired) electrons. The van der Waals surface area contributed by atoms with Crippen LogP contribution in [0.2, 0.25) is 5.02 Å². The highest BCUT2D eigenvalue weighted by molar-refractivity contribution is 7.92. The van der Waals surface area contributed by atoms with Gasteiger partial charge in [0.15, 0.2) is 0 Å². The summed E-state index contributed by atoms with van der Waals surface area (Å²) in [5, 5.41) is 0.356. The summed E-state index contributed by atoms with van der Waals surface area (Å²) < 4.78 is 47.1. The van der Waals surface area contributed by atoms with Crippen LogP contribution in [-0.2, 0) is 16.4 Å². The highest BCUT2D eigenvalue weighted by atomic mass is 35.5. The van der Waals surface area contributed by atoms with Crippen molar-refractivity contribution in [2.24, 2.45) is 0 Å². The monoisotopic (exact) mass is 434 g/mol. The molecule has 0 saturated carbocycles. The van der Waals surface area contributed by atoms with Crippen LogP contribution in [0.25, 0.3) is 0 Å². The molecule has 29 heavy (non-hydrogen) atoms. The number of benzene rings is 2. The van der Waals surface area contributed by atoms with Crippen LogP contribution in [0.3, 0.4) is 0 Å². The molecule has 0 bridgehead atoms. The van der Waals surface area contributed by atoms with Crippen molar-refractivity contribution in [2.75, 3.05) is 4.72 Å². The zero-order chi connectivity index (χ0) is 21.0. The van der Waals surface area contributed by atoms with E-state index >= 15 is 0 Å². The first-order valence-corrected chi connectivity index (χ1v) is 10.8. The molecule has 0 spiro atoms. The standard InChI is InChI=1S/C21H20ClFN2O3S/c1-14(2)28-19-6-8-20(9-7-19)29(26,27)25-21-16(12-17(22)13-24-21)10-15-4-3-5-18(23)11-15/h3-9,11-14H,10H2,1-2H3,(H,24,25). The molecular weight excluding hydrogens is 415 g/mol. The molecule has 0 unspecified atom stereocenters. The summed E-state index contributed by atoms with van der Waals surface area (Å²) in [6, 6.07) is 13.8. The predicted molar refractivity (Wildman–Crippen MR) is 111 cm³/mol. The molecule has 0 saturated heterocycles. The lowest BCUT2D eigenvalue weighted by Crippen LogP contribution is -2.15. The topological polar surface area (TPSA) is 68.3 Å². The Kier molecular flexibility index (Phi) is 6.39. The van der Waals surface area contributed by atoms with Crippen LogP contribution in [0.15, 0.2) is 65.7 Å². The van der Waals surface area contributed by atoms with E-state index in [4.69, 9.17) is 16.3 Å². The van der Waals surface area contributed by atoms with Gasteiger partial charge in [-0.1, -0.05) is 23.7 Å². The van der Waals surface area contributed by atoms with E-state index in [1.807, 2.05) is 13.8 Å². The number of hydrogen-bond donors (Lipinski definition) is 1. The third kappa shape index (κ3) is 5.68. The SMILES string of the molecule is CC(C)Oc1ccc(S(=O)(=O)Nc2ncc(Cl)cc2Cc2cccc(F)c2)cc1. The fourth-order valence-corrected chi connectivity index (χ4v) is 3.96. The largest absolute Gasteiger partial charge is 0.491 e. The van der Waals surface area contributed by atoms with E-state index in [9.17, 15) is 12.8 Å². The van der Waals surface area contributed by atoms with Gasteiger partial charge in [-0.25, -0.2) is 17.8 Å². The van der Waals surface area contributed by atoms with Gasteiger partial charge in [0.25, 0.3) is 10.0 Å². The van der Waals surface area contributed by atoms with Gasteiger partial charge in [0.05, 0.1) is 16.0 Å². The van der Waals surface area contributed by atoms with Gasteiger partial charge in [-0.15, -0.1) is 0 Å². The van der Waals surface area contributed by atoms with Gasteiger partial charge in [-0.3, -0.25) is 4.72 Å². The lowest BCUT2D eigenvalue weighted by atomic mass is 10.1. The van der Waals surface area contributed by atoms with E-state index in [2.05, 4.69) is 9.71 Å². The van der Waals surface area contributed by atoms with E-state index in [0.717, 1.165) is 0 Å². The van der Waals surface area contributed by atoms with Crippen LogP contribution in [0.4, 0.5) is 10.2 Å². The number of rotatable bonds is 7. The zero-order valence-electron chi connectivity index (χ0n) is 15.9. The zero-order valence-corrected chi connectivity index (χ0v) is 17.5. The quantitative estimate of drug-likeness (QED) is 0.564. The Morgan fingerprint density at radius 3 is 2.52 bits per heavy atom. The highest BCUT2D eigenvalue weighted by Crippen LogP contribution is 2.25. The van der Waals surface area contributed by atoms with Gasteiger partial charge >= 0.3 is 0 Å². The van der Waals surface area contributed by atoms with Crippen LogP contribution >= 0.6 is 11.6 Å². The molecule has 2 aromatic carbocycles. The average molecular weight is 435 g/mol. The van der Waals surface area contributed by atoms with Crippen LogP contribution in [-0.4, -0.2) is 19.5 Å². The maximum atomic E-state index is 13.5. The Hall–Kier alpha value is -2.64. The maximum absolute atomic E-state index is 13.5. The number of nitrogens with zero attached hydrogens (tertiary/aromatic N) is 1. The van der Waals surface area contributed by atoms with Gasteiger partial charge in [-0.05, 0) is 61.9 Å². The van der Waals surface area contributed by atoms with Crippen molar-refractivity contribution in [1.29, 1.82) is 0 Å². The first kappa shape index (κ1) is 21.1. The summed E-state index contributed by atoms with van der Waals surface area (Å²) in [6.45, 7) is 3.77. The fourth-order valence-electron chi connectivity index (χ4n) is 2.73. The molecule has 0 aliphatic carbocycles. The predicted octanol–water partition coefficient (Wildman–Crippen LogP) is 5.05. The van der Waals surface area contributed by atoms with Crippen molar-refractivity contribution in [3.63, 3.8) is 0 Å². The molecule has 1 heterocycles. The number of sulfonamides is 1. The second-order valence-electron chi connectivity index (χ2n) is 6.71. The van der Waals surface area contributed by atoms with Crippen molar-refractivity contribution >= 4 is 27.4 Å². The van der Waals surface area contributed by atoms with Crippen LogP contribution in [0.5, 0.6) is 5.75 Å². The van der Waals surface area contributed by atoms with Crippen molar-refractivity contribution in [3.05, 3.63) is 82.8 Å². The van der Waals surface area contributed by atoms with Crippen LogP contribution < -0.4 is 9.46 Å². The Balaban J connectivity index is 1.87. The third-order valence-electron chi connectivity index (χ3n) is 3.95. The lowest BCUT2D eigenvalue weighted by molar-refractivity contribution is 0.242. The molecule has 0 aliphatic rings. The molecule has 152 valence electrons.